The Kier molecular flexibility index (Phi) is 3.64. The fourth-order valence-electron chi connectivity index (χ4n) is 3.25. The third kappa shape index (κ3) is 2.47. The molecule has 0 spiro atoms. The molecular formula is C16H22N4O2. The molecule has 2 atom stereocenters. The van der Waals surface area contributed by atoms with Gasteiger partial charge >= 0.3 is 0 Å². The Morgan fingerprint density at radius 1 is 1.27 bits per heavy atom. The number of carbonyl (C=O) groups is 1. The van der Waals surface area contributed by atoms with Crippen LogP contribution in [0.3, 0.4) is 0 Å². The SMILES string of the molecule is Cc1cc(C(=O)N2CC(C)OC(C)C2)c2c(C)nn(C)c2n1. The Morgan fingerprint density at radius 3 is 2.55 bits per heavy atom. The van der Waals surface area contributed by atoms with Crippen LogP contribution in [0.4, 0.5) is 0 Å². The summed E-state index contributed by atoms with van der Waals surface area (Å²) in [6.07, 6.45) is 0.113. The molecule has 2 aromatic heterocycles. The molecule has 1 aliphatic rings. The van der Waals surface area contributed by atoms with Crippen molar-refractivity contribution in [1.82, 2.24) is 19.7 Å². The number of aromatic nitrogens is 3. The summed E-state index contributed by atoms with van der Waals surface area (Å²) in [6, 6.07) is 1.87. The standard InChI is InChI=1S/C16H22N4O2/c1-9-6-13(14-12(4)18-19(5)15(14)17-9)16(21)20-7-10(2)22-11(3)8-20/h6,10-11H,7-8H2,1-5H3. The Balaban J connectivity index is 2.07. The molecule has 6 heteroatoms. The zero-order valence-corrected chi connectivity index (χ0v) is 13.8. The molecule has 22 heavy (non-hydrogen) atoms. The van der Waals surface area contributed by atoms with Crippen molar-refractivity contribution < 1.29 is 9.53 Å². The second-order valence-electron chi connectivity index (χ2n) is 6.19. The first-order chi connectivity index (χ1) is 10.4. The van der Waals surface area contributed by atoms with E-state index in [1.807, 2.05) is 45.7 Å². The van der Waals surface area contributed by atoms with E-state index in [0.717, 1.165) is 22.4 Å². The quantitative estimate of drug-likeness (QED) is 0.806. The predicted molar refractivity (Wildman–Crippen MR) is 83.9 cm³/mol. The number of ether oxygens (including phenoxy) is 1. The molecule has 0 aliphatic carbocycles. The highest BCUT2D eigenvalue weighted by atomic mass is 16.5. The van der Waals surface area contributed by atoms with Crippen LogP contribution in [0.25, 0.3) is 11.0 Å². The van der Waals surface area contributed by atoms with E-state index in [1.165, 1.54) is 0 Å². The number of nitrogens with zero attached hydrogens (tertiary/aromatic N) is 4. The minimum Gasteiger partial charge on any atom is -0.372 e. The summed E-state index contributed by atoms with van der Waals surface area (Å²) in [5.74, 6) is 0.0357. The van der Waals surface area contributed by atoms with Crippen LogP contribution in [0.15, 0.2) is 6.07 Å². The van der Waals surface area contributed by atoms with Crippen LogP contribution >= 0.6 is 0 Å². The van der Waals surface area contributed by atoms with Gasteiger partial charge in [-0.1, -0.05) is 0 Å². The van der Waals surface area contributed by atoms with E-state index in [1.54, 1.807) is 4.68 Å². The molecule has 0 radical (unpaired) electrons. The normalized spacial score (nSPS) is 22.3. The van der Waals surface area contributed by atoms with E-state index in [-0.39, 0.29) is 18.1 Å². The van der Waals surface area contributed by atoms with Gasteiger partial charge in [0.05, 0.1) is 28.9 Å². The van der Waals surface area contributed by atoms with Gasteiger partial charge in [0.15, 0.2) is 5.65 Å². The van der Waals surface area contributed by atoms with E-state index in [0.29, 0.717) is 18.7 Å². The van der Waals surface area contributed by atoms with Gasteiger partial charge in [-0.05, 0) is 33.8 Å². The first-order valence-electron chi connectivity index (χ1n) is 7.62. The van der Waals surface area contributed by atoms with Crippen LogP contribution in [0.5, 0.6) is 0 Å². The van der Waals surface area contributed by atoms with Gasteiger partial charge in [-0.3, -0.25) is 9.48 Å². The van der Waals surface area contributed by atoms with Crippen molar-refractivity contribution in [3.05, 3.63) is 23.0 Å². The largest absolute Gasteiger partial charge is 0.372 e. The summed E-state index contributed by atoms with van der Waals surface area (Å²) in [6.45, 7) is 9.05. The van der Waals surface area contributed by atoms with Crippen molar-refractivity contribution in [2.45, 2.75) is 39.9 Å². The highest BCUT2D eigenvalue weighted by Gasteiger charge is 2.28. The van der Waals surface area contributed by atoms with Gasteiger partial charge in [0.1, 0.15) is 0 Å². The van der Waals surface area contributed by atoms with Crippen molar-refractivity contribution in [2.75, 3.05) is 13.1 Å². The smallest absolute Gasteiger partial charge is 0.254 e. The average molecular weight is 302 g/mol. The van der Waals surface area contributed by atoms with Crippen LogP contribution in [0, 0.1) is 13.8 Å². The highest BCUT2D eigenvalue weighted by Crippen LogP contribution is 2.24. The number of aryl methyl sites for hydroxylation is 3. The maximum atomic E-state index is 13.0. The van der Waals surface area contributed by atoms with Gasteiger partial charge in [0, 0.05) is 25.8 Å². The van der Waals surface area contributed by atoms with E-state index in [9.17, 15) is 4.79 Å². The monoisotopic (exact) mass is 302 g/mol. The zero-order valence-electron chi connectivity index (χ0n) is 13.8. The third-order valence-corrected chi connectivity index (χ3v) is 4.03. The Labute approximate surface area is 130 Å². The number of pyridine rings is 1. The first kappa shape index (κ1) is 15.0. The van der Waals surface area contributed by atoms with Gasteiger partial charge in [0.25, 0.3) is 5.91 Å². The van der Waals surface area contributed by atoms with Gasteiger partial charge in [-0.25, -0.2) is 4.98 Å². The molecule has 6 nitrogen and oxygen atoms in total. The molecule has 0 aromatic carbocycles. The second-order valence-corrected chi connectivity index (χ2v) is 6.19. The van der Waals surface area contributed by atoms with Crippen molar-refractivity contribution in [3.63, 3.8) is 0 Å². The number of amides is 1. The summed E-state index contributed by atoms with van der Waals surface area (Å²) in [4.78, 5) is 19.4. The molecule has 1 aliphatic heterocycles. The predicted octanol–water partition coefficient (Wildman–Crippen LogP) is 1.83. The molecule has 2 aromatic rings. The number of rotatable bonds is 1. The number of carbonyl (C=O) groups excluding carboxylic acids is 1. The van der Waals surface area contributed by atoms with Gasteiger partial charge < -0.3 is 9.64 Å². The maximum Gasteiger partial charge on any atom is 0.254 e. The second kappa shape index (κ2) is 5.35. The van der Waals surface area contributed by atoms with Crippen LogP contribution in [0.2, 0.25) is 0 Å². The summed E-state index contributed by atoms with van der Waals surface area (Å²) in [5.41, 5.74) is 3.11. The molecule has 1 saturated heterocycles. The van der Waals surface area contributed by atoms with Crippen molar-refractivity contribution in [1.29, 1.82) is 0 Å². The minimum atomic E-state index is 0.0357. The van der Waals surface area contributed by atoms with Crippen LogP contribution < -0.4 is 0 Å². The fourth-order valence-corrected chi connectivity index (χ4v) is 3.25. The van der Waals surface area contributed by atoms with Gasteiger partial charge in [-0.2, -0.15) is 5.10 Å². The molecule has 0 saturated carbocycles. The molecule has 0 bridgehead atoms. The van der Waals surface area contributed by atoms with Crippen LogP contribution in [-0.4, -0.2) is 50.9 Å². The summed E-state index contributed by atoms with van der Waals surface area (Å²) >= 11 is 0. The molecule has 3 rings (SSSR count). The van der Waals surface area contributed by atoms with Crippen LogP contribution in [-0.2, 0) is 11.8 Å². The van der Waals surface area contributed by atoms with E-state index in [2.05, 4.69) is 10.1 Å². The van der Waals surface area contributed by atoms with Crippen LogP contribution in [0.1, 0.15) is 35.6 Å². The number of fused-ring (bicyclic) bond motifs is 1. The van der Waals surface area contributed by atoms with Crippen molar-refractivity contribution in [2.24, 2.45) is 7.05 Å². The molecule has 1 fully saturated rings. The number of hydrogen-bond acceptors (Lipinski definition) is 4. The van der Waals surface area contributed by atoms with Crippen molar-refractivity contribution >= 4 is 16.9 Å². The minimum absolute atomic E-state index is 0.0357. The molecule has 1 amide bonds. The van der Waals surface area contributed by atoms with Gasteiger partial charge in [0.2, 0.25) is 0 Å². The molecular weight excluding hydrogens is 280 g/mol. The van der Waals surface area contributed by atoms with E-state index >= 15 is 0 Å². The molecule has 118 valence electrons. The molecule has 2 unspecified atom stereocenters. The fraction of sp³-hybridized carbons (Fsp3) is 0.562. The lowest BCUT2D eigenvalue weighted by molar-refractivity contribution is -0.0585. The lowest BCUT2D eigenvalue weighted by Gasteiger charge is -2.35. The van der Waals surface area contributed by atoms with Crippen molar-refractivity contribution in [3.8, 4) is 0 Å². The number of morpholine rings is 1. The van der Waals surface area contributed by atoms with Gasteiger partial charge in [-0.15, -0.1) is 0 Å². The maximum absolute atomic E-state index is 13.0. The zero-order chi connectivity index (χ0) is 16.0. The Morgan fingerprint density at radius 2 is 1.91 bits per heavy atom. The Bertz CT molecular complexity index is 727. The highest BCUT2D eigenvalue weighted by molar-refractivity contribution is 6.06. The molecule has 0 N–H and O–H groups in total. The number of hydrogen-bond donors (Lipinski definition) is 0. The average Bonchev–Trinajstić information content (AvgIpc) is 2.71. The lowest BCUT2D eigenvalue weighted by Crippen LogP contribution is -2.48. The topological polar surface area (TPSA) is 60.3 Å². The summed E-state index contributed by atoms with van der Waals surface area (Å²) in [5, 5.41) is 5.26. The van der Waals surface area contributed by atoms with E-state index in [4.69, 9.17) is 4.74 Å². The first-order valence-corrected chi connectivity index (χ1v) is 7.62. The third-order valence-electron chi connectivity index (χ3n) is 4.03. The summed E-state index contributed by atoms with van der Waals surface area (Å²) in [7, 11) is 1.86. The lowest BCUT2D eigenvalue weighted by atomic mass is 10.1. The summed E-state index contributed by atoms with van der Waals surface area (Å²) < 4.78 is 7.45. The Hall–Kier alpha value is -1.95. The van der Waals surface area contributed by atoms with E-state index < -0.39 is 0 Å². The molecule has 3 heterocycles.